The molecule has 1 fully saturated rings. The predicted molar refractivity (Wildman–Crippen MR) is 67.3 cm³/mol. The van der Waals surface area contributed by atoms with E-state index >= 15 is 0 Å². The molecular weight excluding hydrogens is 265 g/mol. The minimum atomic E-state index is -0.914. The molecule has 0 aliphatic carbocycles. The molecular formula is C13H12FN3O3. The Kier molecular flexibility index (Phi) is 3.94. The zero-order valence-corrected chi connectivity index (χ0v) is 10.6. The number of amides is 1. The Morgan fingerprint density at radius 2 is 2.30 bits per heavy atom. The molecule has 7 heteroatoms. The largest absolute Gasteiger partial charge is 0.337 e. The van der Waals surface area contributed by atoms with Gasteiger partial charge in [-0.1, -0.05) is 0 Å². The van der Waals surface area contributed by atoms with Gasteiger partial charge in [-0.25, -0.2) is 4.39 Å². The molecule has 1 aromatic carbocycles. The van der Waals surface area contributed by atoms with Crippen molar-refractivity contribution in [3.05, 3.63) is 39.7 Å². The molecule has 1 unspecified atom stereocenters. The third-order valence-electron chi connectivity index (χ3n) is 3.29. The van der Waals surface area contributed by atoms with Crippen LogP contribution in [0.5, 0.6) is 0 Å². The summed E-state index contributed by atoms with van der Waals surface area (Å²) in [5.41, 5.74) is -0.596. The monoisotopic (exact) mass is 277 g/mol. The fourth-order valence-corrected chi connectivity index (χ4v) is 2.23. The molecule has 1 atom stereocenters. The number of benzene rings is 1. The quantitative estimate of drug-likeness (QED) is 0.611. The number of piperidine rings is 1. The number of non-ortho nitro benzene ring substituents is 1. The van der Waals surface area contributed by atoms with E-state index in [0.717, 1.165) is 24.6 Å². The molecule has 1 amide bonds. The third-order valence-corrected chi connectivity index (χ3v) is 3.29. The van der Waals surface area contributed by atoms with E-state index in [9.17, 15) is 19.3 Å². The number of hydrogen-bond donors (Lipinski definition) is 0. The van der Waals surface area contributed by atoms with Gasteiger partial charge in [0.15, 0.2) is 0 Å². The van der Waals surface area contributed by atoms with Crippen LogP contribution in [0.2, 0.25) is 0 Å². The Morgan fingerprint density at radius 3 is 2.90 bits per heavy atom. The molecule has 1 heterocycles. The molecule has 0 spiro atoms. The van der Waals surface area contributed by atoms with E-state index in [4.69, 9.17) is 5.26 Å². The molecule has 0 bridgehead atoms. The number of hydrogen-bond acceptors (Lipinski definition) is 4. The van der Waals surface area contributed by atoms with Gasteiger partial charge in [-0.15, -0.1) is 0 Å². The highest BCUT2D eigenvalue weighted by Gasteiger charge is 2.26. The molecule has 0 N–H and O–H groups in total. The maximum atomic E-state index is 13.8. The minimum Gasteiger partial charge on any atom is -0.337 e. The standard InChI is InChI=1S/C13H12FN3O3/c14-12-6-10(17(19)20)3-4-11(12)13(18)16-5-1-2-9(7-15)8-16/h3-4,6,9H,1-2,5,8H2. The van der Waals surface area contributed by atoms with Crippen molar-refractivity contribution in [2.75, 3.05) is 13.1 Å². The number of carbonyl (C=O) groups is 1. The summed E-state index contributed by atoms with van der Waals surface area (Å²) in [5, 5.41) is 19.4. The van der Waals surface area contributed by atoms with Gasteiger partial charge in [0.1, 0.15) is 5.82 Å². The number of halogens is 1. The van der Waals surface area contributed by atoms with E-state index in [0.29, 0.717) is 13.0 Å². The zero-order valence-electron chi connectivity index (χ0n) is 10.6. The fraction of sp³-hybridized carbons (Fsp3) is 0.385. The van der Waals surface area contributed by atoms with Crippen LogP contribution in [0.3, 0.4) is 0 Å². The van der Waals surface area contributed by atoms with E-state index < -0.39 is 22.3 Å². The van der Waals surface area contributed by atoms with Crippen LogP contribution < -0.4 is 0 Å². The molecule has 1 aliphatic heterocycles. The van der Waals surface area contributed by atoms with Gasteiger partial charge < -0.3 is 4.90 Å². The van der Waals surface area contributed by atoms with Gasteiger partial charge in [0.2, 0.25) is 0 Å². The van der Waals surface area contributed by atoms with E-state index in [1.807, 2.05) is 0 Å². The number of nitriles is 1. The van der Waals surface area contributed by atoms with E-state index in [1.165, 1.54) is 4.90 Å². The number of rotatable bonds is 2. The summed E-state index contributed by atoms with van der Waals surface area (Å²) in [6, 6.07) is 5.05. The Bertz CT molecular complexity index is 597. The zero-order chi connectivity index (χ0) is 14.7. The molecule has 0 aromatic heterocycles. The number of nitro groups is 1. The Balaban J connectivity index is 2.21. The van der Waals surface area contributed by atoms with Crippen molar-refractivity contribution in [3.63, 3.8) is 0 Å². The maximum Gasteiger partial charge on any atom is 0.272 e. The van der Waals surface area contributed by atoms with Gasteiger partial charge >= 0.3 is 0 Å². The van der Waals surface area contributed by atoms with Crippen LogP contribution in [0.25, 0.3) is 0 Å². The highest BCUT2D eigenvalue weighted by molar-refractivity contribution is 5.94. The Hall–Kier alpha value is -2.49. The van der Waals surface area contributed by atoms with Crippen LogP contribution in [0, 0.1) is 33.2 Å². The van der Waals surface area contributed by atoms with Crippen LogP contribution >= 0.6 is 0 Å². The Labute approximate surface area is 114 Å². The molecule has 0 saturated carbocycles. The van der Waals surface area contributed by atoms with Gasteiger partial charge in [-0.2, -0.15) is 5.26 Å². The Morgan fingerprint density at radius 1 is 1.55 bits per heavy atom. The van der Waals surface area contributed by atoms with E-state index in [1.54, 1.807) is 0 Å². The second-order valence-corrected chi connectivity index (χ2v) is 4.64. The summed E-state index contributed by atoms with van der Waals surface area (Å²) in [6.45, 7) is 0.735. The molecule has 1 aromatic rings. The van der Waals surface area contributed by atoms with Crippen LogP contribution in [-0.4, -0.2) is 28.8 Å². The number of nitrogens with zero attached hydrogens (tertiary/aromatic N) is 3. The summed E-state index contributed by atoms with van der Waals surface area (Å²) in [6.07, 6.45) is 1.42. The normalized spacial score (nSPS) is 18.4. The highest BCUT2D eigenvalue weighted by Crippen LogP contribution is 2.21. The van der Waals surface area contributed by atoms with Gasteiger partial charge in [0, 0.05) is 19.2 Å². The van der Waals surface area contributed by atoms with E-state index in [2.05, 4.69) is 6.07 Å². The smallest absolute Gasteiger partial charge is 0.272 e. The van der Waals surface area contributed by atoms with Crippen molar-refractivity contribution >= 4 is 11.6 Å². The molecule has 6 nitrogen and oxygen atoms in total. The summed E-state index contributed by atoms with van der Waals surface area (Å²) in [4.78, 5) is 23.4. The van der Waals surface area contributed by atoms with Crippen molar-refractivity contribution in [2.24, 2.45) is 5.92 Å². The lowest BCUT2D eigenvalue weighted by Crippen LogP contribution is -2.39. The van der Waals surface area contributed by atoms with Crippen molar-refractivity contribution in [1.29, 1.82) is 5.26 Å². The first-order chi connectivity index (χ1) is 9.52. The average Bonchev–Trinajstić information content (AvgIpc) is 2.46. The second kappa shape index (κ2) is 5.65. The fourth-order valence-electron chi connectivity index (χ4n) is 2.23. The summed E-state index contributed by atoms with van der Waals surface area (Å²) in [5.74, 6) is -1.69. The third kappa shape index (κ3) is 2.74. The summed E-state index contributed by atoms with van der Waals surface area (Å²) >= 11 is 0. The number of nitro benzene ring substituents is 1. The van der Waals surface area contributed by atoms with Gasteiger partial charge in [0.25, 0.3) is 11.6 Å². The molecule has 1 aliphatic rings. The van der Waals surface area contributed by atoms with Crippen LogP contribution in [0.15, 0.2) is 18.2 Å². The molecule has 0 radical (unpaired) electrons. The van der Waals surface area contributed by atoms with Crippen molar-refractivity contribution in [3.8, 4) is 6.07 Å². The first-order valence-corrected chi connectivity index (χ1v) is 6.15. The number of likely N-dealkylation sites (tertiary alicyclic amines) is 1. The lowest BCUT2D eigenvalue weighted by molar-refractivity contribution is -0.385. The van der Waals surface area contributed by atoms with Crippen molar-refractivity contribution in [1.82, 2.24) is 4.90 Å². The molecule has 20 heavy (non-hydrogen) atoms. The van der Waals surface area contributed by atoms with Crippen LogP contribution in [0.1, 0.15) is 23.2 Å². The van der Waals surface area contributed by atoms with Crippen LogP contribution in [0.4, 0.5) is 10.1 Å². The van der Waals surface area contributed by atoms with Gasteiger partial charge in [0.05, 0.1) is 28.5 Å². The highest BCUT2D eigenvalue weighted by atomic mass is 19.1. The lowest BCUT2D eigenvalue weighted by atomic mass is 9.99. The first kappa shape index (κ1) is 13.9. The minimum absolute atomic E-state index is 0.200. The van der Waals surface area contributed by atoms with Crippen molar-refractivity contribution in [2.45, 2.75) is 12.8 Å². The molecule has 1 saturated heterocycles. The molecule has 104 valence electrons. The first-order valence-electron chi connectivity index (χ1n) is 6.15. The van der Waals surface area contributed by atoms with Gasteiger partial charge in [-0.05, 0) is 18.9 Å². The summed E-state index contributed by atoms with van der Waals surface area (Å²) in [7, 11) is 0. The van der Waals surface area contributed by atoms with Gasteiger partial charge in [-0.3, -0.25) is 14.9 Å². The lowest BCUT2D eigenvalue weighted by Gasteiger charge is -2.29. The molecule has 2 rings (SSSR count). The van der Waals surface area contributed by atoms with Crippen molar-refractivity contribution < 1.29 is 14.1 Å². The van der Waals surface area contributed by atoms with Crippen LogP contribution in [-0.2, 0) is 0 Å². The average molecular weight is 277 g/mol. The SMILES string of the molecule is N#CC1CCCN(C(=O)c2ccc([N+](=O)[O-])cc2F)C1. The summed E-state index contributed by atoms with van der Waals surface area (Å²) < 4.78 is 13.8. The maximum absolute atomic E-state index is 13.8. The second-order valence-electron chi connectivity index (χ2n) is 4.64. The topological polar surface area (TPSA) is 87.2 Å². The van der Waals surface area contributed by atoms with E-state index in [-0.39, 0.29) is 18.0 Å². The number of carbonyl (C=O) groups excluding carboxylic acids is 1. The predicted octanol–water partition coefficient (Wildman–Crippen LogP) is 2.11.